The number of rotatable bonds is 5. The zero-order valence-electron chi connectivity index (χ0n) is 21.0. The summed E-state index contributed by atoms with van der Waals surface area (Å²) in [4.78, 5) is 39.7. The number of benzene rings is 2. The topological polar surface area (TPSA) is 87.7 Å². The number of anilines is 3. The number of carbonyl (C=O) groups is 2. The number of halogens is 2. The van der Waals surface area contributed by atoms with Crippen LogP contribution in [0, 0.1) is 18.6 Å². The molecular formula is C28H27F2N5O3. The largest absolute Gasteiger partial charge is 0.378 e. The molecule has 10 heteroatoms. The Morgan fingerprint density at radius 1 is 1.11 bits per heavy atom. The minimum absolute atomic E-state index is 0.00144. The van der Waals surface area contributed by atoms with Crippen LogP contribution in [0.3, 0.4) is 0 Å². The van der Waals surface area contributed by atoms with Gasteiger partial charge in [0.15, 0.2) is 0 Å². The summed E-state index contributed by atoms with van der Waals surface area (Å²) in [5.74, 6) is -1.24. The molecule has 3 aliphatic rings. The van der Waals surface area contributed by atoms with Gasteiger partial charge in [0, 0.05) is 42.3 Å². The molecule has 38 heavy (non-hydrogen) atoms. The van der Waals surface area contributed by atoms with Gasteiger partial charge in [-0.05, 0) is 55.2 Å². The molecule has 1 N–H and O–H groups in total. The average Bonchev–Trinajstić information content (AvgIpc) is 3.69. The van der Waals surface area contributed by atoms with Crippen LogP contribution in [-0.2, 0) is 32.7 Å². The predicted octanol–water partition coefficient (Wildman–Crippen LogP) is 3.66. The third kappa shape index (κ3) is 4.49. The summed E-state index contributed by atoms with van der Waals surface area (Å²) < 4.78 is 32.5. The van der Waals surface area contributed by atoms with Crippen molar-refractivity contribution in [1.82, 2.24) is 9.97 Å². The molecule has 1 saturated heterocycles. The molecule has 196 valence electrons. The van der Waals surface area contributed by atoms with Crippen LogP contribution in [0.15, 0.2) is 42.6 Å². The van der Waals surface area contributed by atoms with E-state index in [2.05, 4.69) is 15.2 Å². The van der Waals surface area contributed by atoms with Gasteiger partial charge in [-0.2, -0.15) is 0 Å². The average molecular weight is 520 g/mol. The first-order valence-electron chi connectivity index (χ1n) is 12.7. The van der Waals surface area contributed by atoms with Crippen molar-refractivity contribution >= 4 is 29.1 Å². The zero-order valence-corrected chi connectivity index (χ0v) is 21.0. The van der Waals surface area contributed by atoms with E-state index in [4.69, 9.17) is 9.72 Å². The summed E-state index contributed by atoms with van der Waals surface area (Å²) in [6.45, 7) is 4.94. The SMILES string of the molecule is Cc1ccc(NC(=O)Cc2cc(F)cc(F)c2)cc1N1Cc2cnc(N3CCOCC3)nc2C2(CC2)C1=O. The third-order valence-electron chi connectivity index (χ3n) is 7.40. The summed E-state index contributed by atoms with van der Waals surface area (Å²) in [6, 6.07) is 8.39. The fourth-order valence-electron chi connectivity index (χ4n) is 5.30. The zero-order chi connectivity index (χ0) is 26.4. The molecule has 1 saturated carbocycles. The first-order valence-corrected chi connectivity index (χ1v) is 12.7. The van der Waals surface area contributed by atoms with E-state index in [1.54, 1.807) is 17.0 Å². The molecule has 1 aromatic heterocycles. The van der Waals surface area contributed by atoms with E-state index in [0.29, 0.717) is 37.1 Å². The van der Waals surface area contributed by atoms with E-state index < -0.39 is 23.0 Å². The lowest BCUT2D eigenvalue weighted by Gasteiger charge is -2.35. The molecule has 2 fully saturated rings. The number of aryl methyl sites for hydroxylation is 1. The van der Waals surface area contributed by atoms with Gasteiger partial charge in [-0.15, -0.1) is 0 Å². The number of nitrogens with zero attached hydrogens (tertiary/aromatic N) is 4. The van der Waals surface area contributed by atoms with Crippen molar-refractivity contribution in [2.75, 3.05) is 41.4 Å². The van der Waals surface area contributed by atoms with Gasteiger partial charge in [-0.3, -0.25) is 9.59 Å². The van der Waals surface area contributed by atoms with Crippen molar-refractivity contribution in [2.45, 2.75) is 38.1 Å². The molecule has 1 spiro atoms. The van der Waals surface area contributed by atoms with Crippen molar-refractivity contribution in [2.24, 2.45) is 0 Å². The van der Waals surface area contributed by atoms with Crippen LogP contribution in [0.25, 0.3) is 0 Å². The van der Waals surface area contributed by atoms with Crippen molar-refractivity contribution < 1.29 is 23.1 Å². The van der Waals surface area contributed by atoms with Crippen LogP contribution in [0.5, 0.6) is 0 Å². The van der Waals surface area contributed by atoms with Gasteiger partial charge in [0.1, 0.15) is 11.6 Å². The summed E-state index contributed by atoms with van der Waals surface area (Å²) in [5, 5.41) is 2.79. The van der Waals surface area contributed by atoms with Crippen LogP contribution >= 0.6 is 0 Å². The fraction of sp³-hybridized carbons (Fsp3) is 0.357. The van der Waals surface area contributed by atoms with Gasteiger partial charge < -0.3 is 19.9 Å². The molecule has 0 bridgehead atoms. The Morgan fingerprint density at radius 2 is 1.84 bits per heavy atom. The van der Waals surface area contributed by atoms with Crippen LogP contribution in [0.4, 0.5) is 26.1 Å². The Kier molecular flexibility index (Phi) is 6.06. The molecule has 2 aromatic carbocycles. The summed E-state index contributed by atoms with van der Waals surface area (Å²) in [7, 11) is 0. The number of morpholine rings is 1. The maximum Gasteiger partial charge on any atom is 0.239 e. The van der Waals surface area contributed by atoms with Crippen molar-refractivity contribution in [3.05, 3.63) is 76.6 Å². The Labute approximate surface area is 218 Å². The van der Waals surface area contributed by atoms with Crippen molar-refractivity contribution in [3.63, 3.8) is 0 Å². The van der Waals surface area contributed by atoms with E-state index in [0.717, 1.165) is 61.0 Å². The van der Waals surface area contributed by atoms with Crippen molar-refractivity contribution in [1.29, 1.82) is 0 Å². The number of aromatic nitrogens is 2. The lowest BCUT2D eigenvalue weighted by Crippen LogP contribution is -2.45. The van der Waals surface area contributed by atoms with E-state index in [1.807, 2.05) is 19.2 Å². The highest BCUT2D eigenvalue weighted by Crippen LogP contribution is 2.53. The molecule has 3 aromatic rings. The first-order chi connectivity index (χ1) is 18.3. The molecule has 0 radical (unpaired) electrons. The molecule has 2 aliphatic heterocycles. The van der Waals surface area contributed by atoms with Gasteiger partial charge >= 0.3 is 0 Å². The Hall–Kier alpha value is -3.92. The van der Waals surface area contributed by atoms with Crippen LogP contribution in [-0.4, -0.2) is 48.1 Å². The predicted molar refractivity (Wildman–Crippen MR) is 137 cm³/mol. The van der Waals surface area contributed by atoms with E-state index in [-0.39, 0.29) is 17.9 Å². The van der Waals surface area contributed by atoms with E-state index in [9.17, 15) is 18.4 Å². The molecule has 3 heterocycles. The van der Waals surface area contributed by atoms with Crippen LogP contribution in [0.1, 0.15) is 35.2 Å². The maximum absolute atomic E-state index is 13.8. The summed E-state index contributed by atoms with van der Waals surface area (Å²) in [5.41, 5.74) is 3.40. The van der Waals surface area contributed by atoms with Crippen LogP contribution in [0.2, 0.25) is 0 Å². The number of hydrogen-bond acceptors (Lipinski definition) is 6. The number of nitrogens with one attached hydrogen (secondary N) is 1. The second kappa shape index (κ2) is 9.43. The highest BCUT2D eigenvalue weighted by atomic mass is 19.1. The summed E-state index contributed by atoms with van der Waals surface area (Å²) >= 11 is 0. The number of fused-ring (bicyclic) bond motifs is 2. The second-order valence-corrected chi connectivity index (χ2v) is 10.1. The van der Waals surface area contributed by atoms with E-state index >= 15 is 0 Å². The lowest BCUT2D eigenvalue weighted by molar-refractivity contribution is -0.121. The second-order valence-electron chi connectivity index (χ2n) is 10.1. The normalized spacial score (nSPS) is 17.9. The van der Waals surface area contributed by atoms with Gasteiger partial charge in [0.2, 0.25) is 17.8 Å². The standard InChI is InChI=1S/C28H27F2N5O3/c1-17-2-3-22(32-24(36)12-18-10-20(29)13-21(30)11-18)14-23(17)35-16-19-15-31-27(34-6-8-38-9-7-34)33-25(19)28(4-5-28)26(35)37/h2-3,10-11,13-15H,4-9,12,16H2,1H3,(H,32,36). The monoisotopic (exact) mass is 519 g/mol. The van der Waals surface area contributed by atoms with Gasteiger partial charge in [-0.25, -0.2) is 18.7 Å². The van der Waals surface area contributed by atoms with Gasteiger partial charge in [-0.1, -0.05) is 6.07 Å². The molecule has 2 amide bonds. The molecule has 0 atom stereocenters. The number of ether oxygens (including phenoxy) is 1. The number of amides is 2. The molecule has 0 unspecified atom stereocenters. The molecule has 1 aliphatic carbocycles. The minimum atomic E-state index is -0.732. The Morgan fingerprint density at radius 3 is 2.55 bits per heavy atom. The highest BCUT2D eigenvalue weighted by molar-refractivity contribution is 6.05. The van der Waals surface area contributed by atoms with E-state index in [1.165, 1.54) is 0 Å². The number of carbonyl (C=O) groups excluding carboxylic acids is 2. The summed E-state index contributed by atoms with van der Waals surface area (Å²) in [6.07, 6.45) is 3.11. The number of hydrogen-bond donors (Lipinski definition) is 1. The first kappa shape index (κ1) is 24.4. The maximum atomic E-state index is 13.8. The fourth-order valence-corrected chi connectivity index (χ4v) is 5.30. The third-order valence-corrected chi connectivity index (χ3v) is 7.40. The van der Waals surface area contributed by atoms with Gasteiger partial charge in [0.25, 0.3) is 0 Å². The highest BCUT2D eigenvalue weighted by Gasteiger charge is 2.58. The lowest BCUT2D eigenvalue weighted by atomic mass is 9.91. The van der Waals surface area contributed by atoms with Crippen LogP contribution < -0.4 is 15.1 Å². The van der Waals surface area contributed by atoms with Gasteiger partial charge in [0.05, 0.1) is 37.3 Å². The minimum Gasteiger partial charge on any atom is -0.378 e. The van der Waals surface area contributed by atoms with Crippen molar-refractivity contribution in [3.8, 4) is 0 Å². The molecule has 6 rings (SSSR count). The quantitative estimate of drug-likeness (QED) is 0.554. The molecule has 8 nitrogen and oxygen atoms in total. The Bertz CT molecular complexity index is 1420. The smallest absolute Gasteiger partial charge is 0.239 e. The Balaban J connectivity index is 1.25. The molecular weight excluding hydrogens is 492 g/mol.